The highest BCUT2D eigenvalue weighted by molar-refractivity contribution is 5.80. The van der Waals surface area contributed by atoms with E-state index in [-0.39, 0.29) is 5.91 Å². The van der Waals surface area contributed by atoms with Crippen molar-refractivity contribution in [3.05, 3.63) is 17.0 Å². The summed E-state index contributed by atoms with van der Waals surface area (Å²) in [6.07, 6.45) is 1.90. The van der Waals surface area contributed by atoms with E-state index in [1.807, 2.05) is 23.7 Å². The molecule has 1 aromatic heterocycles. The Morgan fingerprint density at radius 1 is 1.07 bits per heavy atom. The summed E-state index contributed by atoms with van der Waals surface area (Å²) < 4.78 is 7.34. The number of aromatic nitrogens is 2. The van der Waals surface area contributed by atoms with Gasteiger partial charge in [-0.1, -0.05) is 13.8 Å². The second kappa shape index (κ2) is 10.8. The third-order valence-corrected chi connectivity index (χ3v) is 6.06. The number of aryl methyl sites for hydroxylation is 2. The fourth-order valence-electron chi connectivity index (χ4n) is 4.32. The molecule has 0 spiro atoms. The summed E-state index contributed by atoms with van der Waals surface area (Å²) >= 11 is 0. The second-order valence-corrected chi connectivity index (χ2v) is 7.86. The van der Waals surface area contributed by atoms with Gasteiger partial charge in [0.15, 0.2) is 5.96 Å². The van der Waals surface area contributed by atoms with Crippen LogP contribution in [-0.2, 0) is 36.0 Å². The van der Waals surface area contributed by atoms with Crippen LogP contribution in [0.3, 0.4) is 0 Å². The fraction of sp³-hybridized carbons (Fsp3) is 0.762. The molecule has 0 aliphatic carbocycles. The Bertz CT molecular complexity index is 732. The lowest BCUT2D eigenvalue weighted by molar-refractivity contribution is -0.136. The summed E-state index contributed by atoms with van der Waals surface area (Å²) in [4.78, 5) is 23.4. The van der Waals surface area contributed by atoms with Gasteiger partial charge >= 0.3 is 0 Å². The van der Waals surface area contributed by atoms with Crippen molar-refractivity contribution in [2.24, 2.45) is 12.0 Å². The lowest BCUT2D eigenvalue weighted by Crippen LogP contribution is -2.54. The molecule has 1 aromatic rings. The predicted molar refractivity (Wildman–Crippen MR) is 118 cm³/mol. The van der Waals surface area contributed by atoms with Gasteiger partial charge in [-0.2, -0.15) is 5.10 Å². The molecule has 0 saturated carbocycles. The molecule has 168 valence electrons. The number of aliphatic imine (C=N–C) groups is 1. The molecule has 9 heteroatoms. The number of amides is 1. The van der Waals surface area contributed by atoms with Crippen molar-refractivity contribution in [3.63, 3.8) is 0 Å². The van der Waals surface area contributed by atoms with Gasteiger partial charge in [-0.15, -0.1) is 0 Å². The first kappa shape index (κ1) is 22.6. The smallest absolute Gasteiger partial charge is 0.236 e. The number of hydrogen-bond acceptors (Lipinski definition) is 5. The summed E-state index contributed by atoms with van der Waals surface area (Å²) in [5.41, 5.74) is 3.73. The molecule has 1 amide bonds. The van der Waals surface area contributed by atoms with Crippen LogP contribution >= 0.6 is 0 Å². The Labute approximate surface area is 180 Å². The molecule has 2 saturated heterocycles. The van der Waals surface area contributed by atoms with Crippen molar-refractivity contribution in [3.8, 4) is 0 Å². The minimum atomic E-state index is 0.213. The van der Waals surface area contributed by atoms with Gasteiger partial charge in [-0.25, -0.2) is 0 Å². The minimum absolute atomic E-state index is 0.213. The maximum atomic E-state index is 12.5. The van der Waals surface area contributed by atoms with E-state index in [0.717, 1.165) is 57.2 Å². The summed E-state index contributed by atoms with van der Waals surface area (Å²) in [5, 5.41) is 8.21. The van der Waals surface area contributed by atoms with Crippen molar-refractivity contribution >= 4 is 11.9 Å². The lowest BCUT2D eigenvalue weighted by atomic mass is 10.1. The van der Waals surface area contributed by atoms with Crippen molar-refractivity contribution in [1.82, 2.24) is 29.8 Å². The van der Waals surface area contributed by atoms with Crippen LogP contribution in [0.1, 0.15) is 30.8 Å². The van der Waals surface area contributed by atoms with E-state index >= 15 is 0 Å². The van der Waals surface area contributed by atoms with Gasteiger partial charge in [0.1, 0.15) is 0 Å². The molecule has 1 N–H and O–H groups in total. The zero-order valence-electron chi connectivity index (χ0n) is 19.0. The van der Waals surface area contributed by atoms with Crippen molar-refractivity contribution in [1.29, 1.82) is 0 Å². The Morgan fingerprint density at radius 3 is 2.37 bits per heavy atom. The molecule has 0 bridgehead atoms. The van der Waals surface area contributed by atoms with E-state index in [1.54, 1.807) is 0 Å². The largest absolute Gasteiger partial charge is 0.378 e. The van der Waals surface area contributed by atoms with E-state index in [2.05, 4.69) is 39.1 Å². The highest BCUT2D eigenvalue weighted by Gasteiger charge is 2.24. The van der Waals surface area contributed by atoms with Gasteiger partial charge in [0.2, 0.25) is 5.91 Å². The van der Waals surface area contributed by atoms with E-state index < -0.39 is 0 Å². The van der Waals surface area contributed by atoms with Crippen LogP contribution in [0.2, 0.25) is 0 Å². The molecule has 2 aliphatic rings. The lowest BCUT2D eigenvalue weighted by Gasteiger charge is -2.37. The predicted octanol–water partition coefficient (Wildman–Crippen LogP) is 0.0967. The Balaban J connectivity index is 1.50. The SMILES string of the molecule is CCc1nn(C)c(CC)c1CNC(=NC)N1CCN(CC(=O)N2CCOCC2)CC1. The van der Waals surface area contributed by atoms with Crippen LogP contribution in [0.15, 0.2) is 4.99 Å². The molecule has 9 nitrogen and oxygen atoms in total. The average Bonchev–Trinajstić information content (AvgIpc) is 3.10. The summed E-state index contributed by atoms with van der Waals surface area (Å²) in [6, 6.07) is 0. The molecule has 0 aromatic carbocycles. The Hall–Kier alpha value is -2.13. The fourth-order valence-corrected chi connectivity index (χ4v) is 4.32. The van der Waals surface area contributed by atoms with Crippen LogP contribution in [0.25, 0.3) is 0 Å². The number of ether oxygens (including phenoxy) is 1. The topological polar surface area (TPSA) is 78.2 Å². The highest BCUT2D eigenvalue weighted by Crippen LogP contribution is 2.15. The van der Waals surface area contributed by atoms with Crippen molar-refractivity contribution in [2.45, 2.75) is 33.2 Å². The number of carbonyl (C=O) groups excluding carboxylic acids is 1. The summed E-state index contributed by atoms with van der Waals surface area (Å²) in [5.74, 6) is 1.13. The third-order valence-electron chi connectivity index (χ3n) is 6.06. The van der Waals surface area contributed by atoms with E-state index in [0.29, 0.717) is 32.8 Å². The number of nitrogens with one attached hydrogen (secondary N) is 1. The van der Waals surface area contributed by atoms with Gasteiger partial charge in [-0.3, -0.25) is 19.4 Å². The number of guanidine groups is 1. The van der Waals surface area contributed by atoms with Crippen LogP contribution < -0.4 is 5.32 Å². The summed E-state index contributed by atoms with van der Waals surface area (Å²) in [7, 11) is 3.86. The van der Waals surface area contributed by atoms with Crippen molar-refractivity contribution in [2.75, 3.05) is 66.1 Å². The van der Waals surface area contributed by atoms with E-state index in [9.17, 15) is 4.79 Å². The van der Waals surface area contributed by atoms with Gasteiger partial charge in [-0.05, 0) is 12.8 Å². The Morgan fingerprint density at radius 2 is 1.77 bits per heavy atom. The van der Waals surface area contributed by atoms with Crippen LogP contribution in [-0.4, -0.2) is 102 Å². The Kier molecular flexibility index (Phi) is 8.09. The number of piperazine rings is 1. The maximum absolute atomic E-state index is 12.5. The molecule has 0 unspecified atom stereocenters. The molecule has 30 heavy (non-hydrogen) atoms. The quantitative estimate of drug-likeness (QED) is 0.520. The standard InChI is InChI=1S/C21H37N7O2/c1-5-18-17(19(6-2)25(4)24-18)15-23-21(22-3)28-9-7-26(8-10-28)16-20(29)27-11-13-30-14-12-27/h5-16H2,1-4H3,(H,22,23). The molecule has 0 atom stereocenters. The van der Waals surface area contributed by atoms with Gasteiger partial charge in [0.25, 0.3) is 0 Å². The average molecular weight is 420 g/mol. The molecular formula is C21H37N7O2. The van der Waals surface area contributed by atoms with E-state index in [4.69, 9.17) is 4.74 Å². The number of nitrogens with zero attached hydrogens (tertiary/aromatic N) is 6. The number of hydrogen-bond donors (Lipinski definition) is 1. The first-order valence-corrected chi connectivity index (χ1v) is 11.1. The first-order valence-electron chi connectivity index (χ1n) is 11.1. The molecule has 3 rings (SSSR count). The second-order valence-electron chi connectivity index (χ2n) is 7.86. The van der Waals surface area contributed by atoms with Crippen LogP contribution in [0.4, 0.5) is 0 Å². The molecule has 2 fully saturated rings. The minimum Gasteiger partial charge on any atom is -0.378 e. The maximum Gasteiger partial charge on any atom is 0.236 e. The number of morpholine rings is 1. The molecule has 0 radical (unpaired) electrons. The number of rotatable bonds is 6. The van der Waals surface area contributed by atoms with Crippen molar-refractivity contribution < 1.29 is 9.53 Å². The molecular weight excluding hydrogens is 382 g/mol. The summed E-state index contributed by atoms with van der Waals surface area (Å²) in [6.45, 7) is 11.7. The molecule has 3 heterocycles. The normalized spacial score (nSPS) is 18.7. The number of carbonyl (C=O) groups is 1. The molecule has 2 aliphatic heterocycles. The zero-order chi connectivity index (χ0) is 21.5. The zero-order valence-corrected chi connectivity index (χ0v) is 19.0. The van der Waals surface area contributed by atoms with E-state index in [1.165, 1.54) is 11.3 Å². The third kappa shape index (κ3) is 5.31. The first-order chi connectivity index (χ1) is 14.6. The van der Waals surface area contributed by atoms with Gasteiger partial charge < -0.3 is 19.9 Å². The highest BCUT2D eigenvalue weighted by atomic mass is 16.5. The monoisotopic (exact) mass is 419 g/mol. The van der Waals surface area contributed by atoms with Crippen LogP contribution in [0.5, 0.6) is 0 Å². The van der Waals surface area contributed by atoms with Gasteiger partial charge in [0.05, 0.1) is 25.5 Å². The van der Waals surface area contributed by atoms with Gasteiger partial charge in [0, 0.05) is 71.2 Å². The van der Waals surface area contributed by atoms with Crippen LogP contribution in [0, 0.1) is 0 Å².